The fraction of sp³-hybridized carbons (Fsp3) is 0.176. The molecule has 0 radical (unpaired) electrons. The number of hydrogen-bond donors (Lipinski definition) is 0. The summed E-state index contributed by atoms with van der Waals surface area (Å²) < 4.78 is 1.94. The van der Waals surface area contributed by atoms with Crippen molar-refractivity contribution < 1.29 is 4.92 Å². The van der Waals surface area contributed by atoms with Gasteiger partial charge in [0, 0.05) is 17.9 Å². The van der Waals surface area contributed by atoms with Crippen LogP contribution in [0.25, 0.3) is 5.69 Å². The summed E-state index contributed by atoms with van der Waals surface area (Å²) in [6, 6.07) is 12.9. The van der Waals surface area contributed by atoms with E-state index in [2.05, 4.69) is 36.2 Å². The molecule has 0 aliphatic rings. The molecule has 7 heteroatoms. The fourth-order valence-corrected chi connectivity index (χ4v) is 3.34. The maximum absolute atomic E-state index is 10.9. The molecule has 0 spiro atoms. The minimum Gasteiger partial charge on any atom is -0.276 e. The highest BCUT2D eigenvalue weighted by Gasteiger charge is 2.11. The van der Waals surface area contributed by atoms with E-state index in [1.807, 2.05) is 16.7 Å². The van der Waals surface area contributed by atoms with Crippen LogP contribution in [0.4, 0.5) is 5.69 Å². The number of aromatic nitrogens is 3. The first kappa shape index (κ1) is 16.2. The van der Waals surface area contributed by atoms with Gasteiger partial charge in [0.05, 0.1) is 10.6 Å². The number of non-ortho nitro benzene ring substituents is 1. The summed E-state index contributed by atoms with van der Waals surface area (Å²) in [5.74, 6) is 0.589. The summed E-state index contributed by atoms with van der Waals surface area (Å²) in [5.41, 5.74) is 4.36. The van der Waals surface area contributed by atoms with E-state index in [9.17, 15) is 10.1 Å². The van der Waals surface area contributed by atoms with Gasteiger partial charge in [0.25, 0.3) is 5.69 Å². The van der Waals surface area contributed by atoms with Crippen molar-refractivity contribution in [3.05, 3.63) is 75.6 Å². The molecule has 0 aliphatic carbocycles. The Bertz CT molecular complexity index is 892. The summed E-state index contributed by atoms with van der Waals surface area (Å²) in [5, 5.41) is 19.8. The monoisotopic (exact) mass is 340 g/mol. The molecule has 1 aromatic heterocycles. The van der Waals surface area contributed by atoms with Gasteiger partial charge in [-0.3, -0.25) is 14.7 Å². The molecule has 24 heavy (non-hydrogen) atoms. The molecule has 0 unspecified atom stereocenters. The zero-order chi connectivity index (χ0) is 17.1. The van der Waals surface area contributed by atoms with E-state index in [1.54, 1.807) is 18.5 Å². The molecule has 6 nitrogen and oxygen atoms in total. The lowest BCUT2D eigenvalue weighted by molar-refractivity contribution is -0.384. The molecule has 3 aromatic rings. The van der Waals surface area contributed by atoms with Crippen LogP contribution in [0.15, 0.2) is 53.9 Å². The Kier molecular flexibility index (Phi) is 4.61. The second-order valence-corrected chi connectivity index (χ2v) is 6.43. The first-order valence-corrected chi connectivity index (χ1v) is 8.37. The van der Waals surface area contributed by atoms with Gasteiger partial charge in [-0.15, -0.1) is 10.2 Å². The summed E-state index contributed by atoms with van der Waals surface area (Å²) in [7, 11) is 0. The molecular formula is C17H16N4O2S. The van der Waals surface area contributed by atoms with Crippen molar-refractivity contribution in [1.82, 2.24) is 14.8 Å². The number of rotatable bonds is 5. The van der Waals surface area contributed by atoms with Crippen LogP contribution in [0.2, 0.25) is 0 Å². The fourth-order valence-electron chi connectivity index (χ4n) is 2.47. The van der Waals surface area contributed by atoms with Crippen LogP contribution in [-0.4, -0.2) is 19.7 Å². The number of nitrogens with zero attached hydrogens (tertiary/aromatic N) is 4. The number of benzene rings is 2. The lowest BCUT2D eigenvalue weighted by atomic mass is 10.1. The highest BCUT2D eigenvalue weighted by molar-refractivity contribution is 7.98. The Balaban J connectivity index is 1.81. The Morgan fingerprint density at radius 1 is 1.21 bits per heavy atom. The summed E-state index contributed by atoms with van der Waals surface area (Å²) in [4.78, 5) is 10.5. The van der Waals surface area contributed by atoms with Gasteiger partial charge in [-0.2, -0.15) is 0 Å². The van der Waals surface area contributed by atoms with Crippen molar-refractivity contribution in [2.45, 2.75) is 24.8 Å². The largest absolute Gasteiger partial charge is 0.276 e. The van der Waals surface area contributed by atoms with E-state index in [4.69, 9.17) is 0 Å². The highest BCUT2D eigenvalue weighted by atomic mass is 32.2. The molecule has 0 saturated carbocycles. The van der Waals surface area contributed by atoms with E-state index in [0.29, 0.717) is 5.75 Å². The van der Waals surface area contributed by atoms with Crippen LogP contribution in [0.1, 0.15) is 16.7 Å². The molecule has 1 heterocycles. The van der Waals surface area contributed by atoms with E-state index < -0.39 is 0 Å². The lowest BCUT2D eigenvalue weighted by Gasteiger charge is -2.10. The van der Waals surface area contributed by atoms with Crippen LogP contribution in [-0.2, 0) is 5.75 Å². The van der Waals surface area contributed by atoms with E-state index in [0.717, 1.165) is 22.0 Å². The van der Waals surface area contributed by atoms with E-state index in [-0.39, 0.29) is 10.6 Å². The van der Waals surface area contributed by atoms with Crippen LogP contribution < -0.4 is 0 Å². The van der Waals surface area contributed by atoms with Crippen molar-refractivity contribution >= 4 is 17.4 Å². The maximum atomic E-state index is 10.9. The average Bonchev–Trinajstić information content (AvgIpc) is 3.01. The highest BCUT2D eigenvalue weighted by Crippen LogP contribution is 2.26. The summed E-state index contributed by atoms with van der Waals surface area (Å²) >= 11 is 1.50. The van der Waals surface area contributed by atoms with Crippen molar-refractivity contribution in [1.29, 1.82) is 0 Å². The first-order valence-electron chi connectivity index (χ1n) is 7.38. The second kappa shape index (κ2) is 6.84. The molecule has 0 N–H and O–H groups in total. The molecule has 0 atom stereocenters. The van der Waals surface area contributed by atoms with Gasteiger partial charge in [-0.1, -0.05) is 41.6 Å². The van der Waals surface area contributed by atoms with Crippen LogP contribution in [0, 0.1) is 24.0 Å². The summed E-state index contributed by atoms with van der Waals surface area (Å²) in [6.07, 6.45) is 1.69. The van der Waals surface area contributed by atoms with Crippen LogP contribution in [0.3, 0.4) is 0 Å². The molecule has 3 rings (SSSR count). The molecule has 0 saturated heterocycles. The number of thioether (sulfide) groups is 1. The number of aryl methyl sites for hydroxylation is 2. The Hall–Kier alpha value is -2.67. The van der Waals surface area contributed by atoms with Gasteiger partial charge in [0.2, 0.25) is 0 Å². The first-order chi connectivity index (χ1) is 11.5. The second-order valence-electron chi connectivity index (χ2n) is 5.49. The molecule has 0 amide bonds. The normalized spacial score (nSPS) is 10.8. The smallest absolute Gasteiger partial charge is 0.269 e. The minimum absolute atomic E-state index is 0.101. The van der Waals surface area contributed by atoms with Gasteiger partial charge >= 0.3 is 0 Å². The van der Waals surface area contributed by atoms with Crippen molar-refractivity contribution in [2.24, 2.45) is 0 Å². The zero-order valence-corrected chi connectivity index (χ0v) is 14.2. The van der Waals surface area contributed by atoms with E-state index >= 15 is 0 Å². The third-order valence-corrected chi connectivity index (χ3v) is 4.63. The Morgan fingerprint density at radius 3 is 2.79 bits per heavy atom. The maximum Gasteiger partial charge on any atom is 0.269 e. The molecule has 122 valence electrons. The third-order valence-electron chi connectivity index (χ3n) is 3.62. The Labute approximate surface area is 143 Å². The molecular weight excluding hydrogens is 324 g/mol. The molecule has 0 bridgehead atoms. The topological polar surface area (TPSA) is 73.8 Å². The Morgan fingerprint density at radius 2 is 2.04 bits per heavy atom. The molecule has 2 aromatic carbocycles. The van der Waals surface area contributed by atoms with Crippen molar-refractivity contribution in [3.63, 3.8) is 0 Å². The standard InChI is InChI=1S/C17H16N4O2S/c1-12-6-7-16(13(2)8-12)20-11-18-19-17(20)24-10-14-4-3-5-15(9-14)21(22)23/h3-9,11H,10H2,1-2H3. The van der Waals surface area contributed by atoms with Gasteiger partial charge in [0.15, 0.2) is 5.16 Å². The van der Waals surface area contributed by atoms with Crippen LogP contribution >= 0.6 is 11.8 Å². The van der Waals surface area contributed by atoms with Crippen molar-refractivity contribution in [3.8, 4) is 5.69 Å². The summed E-state index contributed by atoms with van der Waals surface area (Å²) in [6.45, 7) is 4.11. The number of hydrogen-bond acceptors (Lipinski definition) is 5. The van der Waals surface area contributed by atoms with Gasteiger partial charge in [-0.05, 0) is 31.0 Å². The van der Waals surface area contributed by atoms with Crippen LogP contribution in [0.5, 0.6) is 0 Å². The van der Waals surface area contributed by atoms with E-state index in [1.165, 1.54) is 23.4 Å². The minimum atomic E-state index is -0.383. The predicted octanol–water partition coefficient (Wildman–Crippen LogP) is 4.08. The quantitative estimate of drug-likeness (QED) is 0.397. The van der Waals surface area contributed by atoms with Gasteiger partial charge < -0.3 is 0 Å². The van der Waals surface area contributed by atoms with Gasteiger partial charge in [-0.25, -0.2) is 0 Å². The lowest BCUT2D eigenvalue weighted by Crippen LogP contribution is -1.98. The molecule has 0 aliphatic heterocycles. The van der Waals surface area contributed by atoms with Gasteiger partial charge in [0.1, 0.15) is 6.33 Å². The molecule has 0 fully saturated rings. The SMILES string of the molecule is Cc1ccc(-n2cnnc2SCc2cccc([N+](=O)[O-])c2)c(C)c1. The zero-order valence-electron chi connectivity index (χ0n) is 13.3. The predicted molar refractivity (Wildman–Crippen MR) is 93.5 cm³/mol. The number of nitro groups is 1. The average molecular weight is 340 g/mol. The van der Waals surface area contributed by atoms with Crippen molar-refractivity contribution in [2.75, 3.05) is 0 Å². The number of nitro benzene ring substituents is 1. The third kappa shape index (κ3) is 3.46.